The smallest absolute Gasteiger partial charge is 0.233 e. The normalized spacial score (nSPS) is 10.5. The Labute approximate surface area is 155 Å². The van der Waals surface area contributed by atoms with Gasteiger partial charge < -0.3 is 10.6 Å². The number of halogens is 2. The standard InChI is InChI=1S/C18H18ClFN2O2S/c19-15-10-14(6-7-16(15)20)25-12-18(24)22(9-8-17(21)23)11-13-4-2-1-3-5-13/h1-7,10H,8-9,11-12H2,(H2,21,23). The lowest BCUT2D eigenvalue weighted by Gasteiger charge is -2.22. The van der Waals surface area contributed by atoms with Gasteiger partial charge in [0, 0.05) is 24.4 Å². The average Bonchev–Trinajstić information content (AvgIpc) is 2.60. The van der Waals surface area contributed by atoms with Crippen molar-refractivity contribution in [2.45, 2.75) is 17.9 Å². The van der Waals surface area contributed by atoms with Gasteiger partial charge in [0.2, 0.25) is 11.8 Å². The minimum Gasteiger partial charge on any atom is -0.370 e. The number of carbonyl (C=O) groups is 2. The quantitative estimate of drug-likeness (QED) is 0.713. The van der Waals surface area contributed by atoms with Crippen molar-refractivity contribution in [3.05, 3.63) is 64.9 Å². The van der Waals surface area contributed by atoms with Crippen molar-refractivity contribution in [1.82, 2.24) is 4.90 Å². The fourth-order valence-corrected chi connectivity index (χ4v) is 3.23. The molecule has 2 N–H and O–H groups in total. The zero-order valence-corrected chi connectivity index (χ0v) is 15.0. The topological polar surface area (TPSA) is 63.4 Å². The summed E-state index contributed by atoms with van der Waals surface area (Å²) in [6.45, 7) is 0.658. The van der Waals surface area contributed by atoms with Crippen molar-refractivity contribution in [1.29, 1.82) is 0 Å². The van der Waals surface area contributed by atoms with Crippen molar-refractivity contribution in [2.24, 2.45) is 5.73 Å². The highest BCUT2D eigenvalue weighted by molar-refractivity contribution is 8.00. The molecule has 2 aromatic carbocycles. The second-order valence-corrected chi connectivity index (χ2v) is 6.84. The summed E-state index contributed by atoms with van der Waals surface area (Å²) in [7, 11) is 0. The van der Waals surface area contributed by atoms with Crippen LogP contribution in [0, 0.1) is 5.82 Å². The van der Waals surface area contributed by atoms with Crippen LogP contribution >= 0.6 is 23.4 Å². The molecule has 0 saturated carbocycles. The number of amides is 2. The van der Waals surface area contributed by atoms with Crippen LogP contribution in [0.5, 0.6) is 0 Å². The van der Waals surface area contributed by atoms with Crippen LogP contribution in [-0.4, -0.2) is 29.0 Å². The molecule has 132 valence electrons. The van der Waals surface area contributed by atoms with Crippen molar-refractivity contribution in [2.75, 3.05) is 12.3 Å². The van der Waals surface area contributed by atoms with Crippen LogP contribution in [0.4, 0.5) is 4.39 Å². The molecular weight excluding hydrogens is 363 g/mol. The van der Waals surface area contributed by atoms with Crippen LogP contribution in [0.3, 0.4) is 0 Å². The van der Waals surface area contributed by atoms with Gasteiger partial charge in [-0.2, -0.15) is 0 Å². The first kappa shape index (κ1) is 19.3. The summed E-state index contributed by atoms with van der Waals surface area (Å²) in [5, 5.41) is 0.0207. The minimum atomic E-state index is -0.496. The number of nitrogens with zero attached hydrogens (tertiary/aromatic N) is 1. The van der Waals surface area contributed by atoms with Crippen molar-refractivity contribution >= 4 is 35.2 Å². The minimum absolute atomic E-state index is 0.0207. The number of hydrogen-bond donors (Lipinski definition) is 1. The third-order valence-corrected chi connectivity index (χ3v) is 4.72. The van der Waals surface area contributed by atoms with E-state index in [4.69, 9.17) is 17.3 Å². The molecule has 0 radical (unpaired) electrons. The lowest BCUT2D eigenvalue weighted by Crippen LogP contribution is -2.34. The zero-order chi connectivity index (χ0) is 18.2. The predicted octanol–water partition coefficient (Wildman–Crippen LogP) is 3.48. The summed E-state index contributed by atoms with van der Waals surface area (Å²) in [4.78, 5) is 25.9. The molecule has 0 unspecified atom stereocenters. The van der Waals surface area contributed by atoms with E-state index in [-0.39, 0.29) is 29.6 Å². The molecule has 0 spiro atoms. The third-order valence-electron chi connectivity index (χ3n) is 3.45. The Morgan fingerprint density at radius 1 is 1.16 bits per heavy atom. The molecule has 0 fully saturated rings. The summed E-state index contributed by atoms with van der Waals surface area (Å²) in [6, 6.07) is 13.8. The molecule has 0 saturated heterocycles. The van der Waals surface area contributed by atoms with E-state index in [1.54, 1.807) is 11.0 Å². The SMILES string of the molecule is NC(=O)CCN(Cc1ccccc1)C(=O)CSc1ccc(F)c(Cl)c1. The first-order valence-electron chi connectivity index (χ1n) is 7.63. The molecule has 0 aliphatic rings. The van der Waals surface area contributed by atoms with Gasteiger partial charge in [-0.25, -0.2) is 4.39 Å². The van der Waals surface area contributed by atoms with Crippen LogP contribution in [0.25, 0.3) is 0 Å². The fraction of sp³-hybridized carbons (Fsp3) is 0.222. The second kappa shape index (κ2) is 9.44. The van der Waals surface area contributed by atoms with E-state index >= 15 is 0 Å². The summed E-state index contributed by atoms with van der Waals surface area (Å²) >= 11 is 7.01. The van der Waals surface area contributed by atoms with Crippen LogP contribution in [0.15, 0.2) is 53.4 Å². The van der Waals surface area contributed by atoms with Gasteiger partial charge in [0.05, 0.1) is 10.8 Å². The molecule has 2 aromatic rings. The summed E-state index contributed by atoms with van der Waals surface area (Å²) in [5.74, 6) is -0.919. The van der Waals surface area contributed by atoms with Crippen LogP contribution < -0.4 is 5.73 Å². The Morgan fingerprint density at radius 3 is 2.52 bits per heavy atom. The number of benzene rings is 2. The number of primary amides is 1. The summed E-state index contributed by atoms with van der Waals surface area (Å²) < 4.78 is 13.2. The molecule has 0 aliphatic carbocycles. The molecule has 0 heterocycles. The fourth-order valence-electron chi connectivity index (χ4n) is 2.14. The van der Waals surface area contributed by atoms with Gasteiger partial charge in [-0.3, -0.25) is 9.59 Å². The Bertz CT molecular complexity index is 743. The Kier molecular flexibility index (Phi) is 7.28. The van der Waals surface area contributed by atoms with E-state index in [2.05, 4.69) is 0 Å². The lowest BCUT2D eigenvalue weighted by atomic mass is 10.2. The highest BCUT2D eigenvalue weighted by atomic mass is 35.5. The number of thioether (sulfide) groups is 1. The summed E-state index contributed by atoms with van der Waals surface area (Å²) in [6.07, 6.45) is 0.103. The Hall–Kier alpha value is -2.05. The van der Waals surface area contributed by atoms with Gasteiger partial charge in [-0.1, -0.05) is 41.9 Å². The molecule has 0 aliphatic heterocycles. The molecule has 0 bridgehead atoms. The second-order valence-electron chi connectivity index (χ2n) is 5.38. The molecule has 2 amide bonds. The molecule has 25 heavy (non-hydrogen) atoms. The van der Waals surface area contributed by atoms with Gasteiger partial charge >= 0.3 is 0 Å². The number of rotatable bonds is 8. The maximum absolute atomic E-state index is 13.2. The molecule has 2 rings (SSSR count). The number of nitrogens with two attached hydrogens (primary N) is 1. The van der Waals surface area contributed by atoms with E-state index in [0.717, 1.165) is 5.56 Å². The highest BCUT2D eigenvalue weighted by Gasteiger charge is 2.15. The van der Waals surface area contributed by atoms with Crippen LogP contribution in [-0.2, 0) is 16.1 Å². The molecular formula is C18H18ClFN2O2S. The number of hydrogen-bond acceptors (Lipinski definition) is 3. The maximum Gasteiger partial charge on any atom is 0.233 e. The van der Waals surface area contributed by atoms with Gasteiger partial charge in [0.15, 0.2) is 0 Å². The molecule has 4 nitrogen and oxygen atoms in total. The maximum atomic E-state index is 13.2. The van der Waals surface area contributed by atoms with Crippen LogP contribution in [0.1, 0.15) is 12.0 Å². The first-order chi connectivity index (χ1) is 12.0. The monoisotopic (exact) mass is 380 g/mol. The third kappa shape index (κ3) is 6.40. The van der Waals surface area contributed by atoms with Crippen molar-refractivity contribution in [3.63, 3.8) is 0 Å². The van der Waals surface area contributed by atoms with E-state index in [9.17, 15) is 14.0 Å². The van der Waals surface area contributed by atoms with Gasteiger partial charge in [-0.15, -0.1) is 11.8 Å². The van der Waals surface area contributed by atoms with E-state index in [0.29, 0.717) is 11.4 Å². The van der Waals surface area contributed by atoms with E-state index in [1.165, 1.54) is 23.9 Å². The van der Waals surface area contributed by atoms with Crippen molar-refractivity contribution in [3.8, 4) is 0 Å². The Balaban J connectivity index is 2.00. The lowest BCUT2D eigenvalue weighted by molar-refractivity contribution is -0.129. The van der Waals surface area contributed by atoms with E-state index in [1.807, 2.05) is 30.3 Å². The van der Waals surface area contributed by atoms with Gasteiger partial charge in [0.1, 0.15) is 5.82 Å². The molecule has 0 atom stereocenters. The Morgan fingerprint density at radius 2 is 1.88 bits per heavy atom. The average molecular weight is 381 g/mol. The van der Waals surface area contributed by atoms with Crippen LogP contribution in [0.2, 0.25) is 5.02 Å². The largest absolute Gasteiger partial charge is 0.370 e. The van der Waals surface area contributed by atoms with Crippen molar-refractivity contribution < 1.29 is 14.0 Å². The molecule has 0 aromatic heterocycles. The van der Waals surface area contributed by atoms with Gasteiger partial charge in [0.25, 0.3) is 0 Å². The highest BCUT2D eigenvalue weighted by Crippen LogP contribution is 2.24. The molecule has 7 heteroatoms. The summed E-state index contributed by atoms with van der Waals surface area (Å²) in [5.41, 5.74) is 6.17. The zero-order valence-electron chi connectivity index (χ0n) is 13.5. The van der Waals surface area contributed by atoms with Gasteiger partial charge in [-0.05, 0) is 23.8 Å². The van der Waals surface area contributed by atoms with E-state index < -0.39 is 11.7 Å². The number of carbonyl (C=O) groups excluding carboxylic acids is 2. The predicted molar refractivity (Wildman–Crippen MR) is 97.8 cm³/mol. The first-order valence-corrected chi connectivity index (χ1v) is 9.00.